The summed E-state index contributed by atoms with van der Waals surface area (Å²) in [6.45, 7) is 2.14. The number of fused-ring (bicyclic) bond motifs is 1. The molecule has 4 heteroatoms. The normalized spacial score (nSPS) is 11.1. The Morgan fingerprint density at radius 2 is 2.11 bits per heavy atom. The molecule has 2 heterocycles. The topological polar surface area (TPSA) is 38.9 Å². The summed E-state index contributed by atoms with van der Waals surface area (Å²) in [6.07, 6.45) is 2.72. The number of nitrogens with zero attached hydrogens (tertiary/aromatic N) is 1. The highest BCUT2D eigenvalue weighted by Crippen LogP contribution is 2.39. The predicted octanol–water partition coefficient (Wildman–Crippen LogP) is 4.76. The molecule has 0 aliphatic heterocycles. The molecule has 1 aromatic carbocycles. The van der Waals surface area contributed by atoms with Gasteiger partial charge in [0.15, 0.2) is 0 Å². The standard InChI is InChI=1S/C15H13ClN2S/c1-2-9-7-11-14(10-5-3-4-6-12(10)16)13(17)8-18-15(11)19-9/h3-8H,2,17H2,1H3. The molecular weight excluding hydrogens is 276 g/mol. The fourth-order valence-corrected chi connectivity index (χ4v) is 3.37. The second kappa shape index (κ2) is 4.83. The number of nitrogens with two attached hydrogens (primary N) is 1. The maximum Gasteiger partial charge on any atom is 0.124 e. The molecule has 0 radical (unpaired) electrons. The lowest BCUT2D eigenvalue weighted by Gasteiger charge is -2.08. The minimum absolute atomic E-state index is 0.668. The molecule has 0 bridgehead atoms. The Morgan fingerprint density at radius 3 is 2.84 bits per heavy atom. The van der Waals surface area contributed by atoms with Crippen molar-refractivity contribution in [3.05, 3.63) is 46.4 Å². The van der Waals surface area contributed by atoms with Gasteiger partial charge in [-0.1, -0.05) is 36.7 Å². The third kappa shape index (κ3) is 2.09. The summed E-state index contributed by atoms with van der Waals surface area (Å²) in [5.41, 5.74) is 8.75. The van der Waals surface area contributed by atoms with Crippen LogP contribution in [-0.2, 0) is 6.42 Å². The Bertz CT molecular complexity index is 749. The minimum Gasteiger partial charge on any atom is -0.397 e. The molecule has 0 saturated carbocycles. The van der Waals surface area contributed by atoms with Crippen molar-refractivity contribution in [2.45, 2.75) is 13.3 Å². The number of aromatic nitrogens is 1. The molecule has 0 atom stereocenters. The average molecular weight is 289 g/mol. The zero-order valence-corrected chi connectivity index (χ0v) is 12.1. The lowest BCUT2D eigenvalue weighted by molar-refractivity contribution is 1.19. The van der Waals surface area contributed by atoms with Crippen molar-refractivity contribution in [2.24, 2.45) is 0 Å². The van der Waals surface area contributed by atoms with Gasteiger partial charge < -0.3 is 5.73 Å². The summed E-state index contributed by atoms with van der Waals surface area (Å²) in [5.74, 6) is 0. The van der Waals surface area contributed by atoms with Crippen LogP contribution in [0.4, 0.5) is 5.69 Å². The van der Waals surface area contributed by atoms with E-state index in [1.54, 1.807) is 17.5 Å². The first-order chi connectivity index (χ1) is 9.20. The first-order valence-corrected chi connectivity index (χ1v) is 7.32. The molecule has 96 valence electrons. The number of nitrogen functional groups attached to an aromatic ring is 1. The van der Waals surface area contributed by atoms with Crippen molar-refractivity contribution in [3.63, 3.8) is 0 Å². The van der Waals surface area contributed by atoms with Crippen LogP contribution in [0, 0.1) is 0 Å². The average Bonchev–Trinajstić information content (AvgIpc) is 2.83. The first kappa shape index (κ1) is 12.5. The van der Waals surface area contributed by atoms with Crippen molar-refractivity contribution in [3.8, 4) is 11.1 Å². The van der Waals surface area contributed by atoms with E-state index >= 15 is 0 Å². The molecule has 2 aromatic heterocycles. The third-order valence-corrected chi connectivity index (χ3v) is 4.65. The van der Waals surface area contributed by atoms with Crippen molar-refractivity contribution in [1.29, 1.82) is 0 Å². The molecule has 3 rings (SSSR count). The van der Waals surface area contributed by atoms with Gasteiger partial charge in [-0.2, -0.15) is 0 Å². The van der Waals surface area contributed by atoms with Gasteiger partial charge in [0, 0.05) is 26.4 Å². The molecule has 0 amide bonds. The Morgan fingerprint density at radius 1 is 1.32 bits per heavy atom. The molecule has 0 aliphatic carbocycles. The fourth-order valence-electron chi connectivity index (χ4n) is 2.19. The monoisotopic (exact) mass is 288 g/mol. The van der Waals surface area contributed by atoms with Crippen molar-refractivity contribution < 1.29 is 0 Å². The van der Waals surface area contributed by atoms with E-state index in [9.17, 15) is 0 Å². The SMILES string of the molecule is CCc1cc2c(-c3ccccc3Cl)c(N)cnc2s1. The molecule has 2 N–H and O–H groups in total. The number of hydrogen-bond donors (Lipinski definition) is 1. The van der Waals surface area contributed by atoms with Crippen LogP contribution in [0.1, 0.15) is 11.8 Å². The lowest BCUT2D eigenvalue weighted by atomic mass is 10.0. The Kier molecular flexibility index (Phi) is 3.17. The van der Waals surface area contributed by atoms with Gasteiger partial charge in [-0.3, -0.25) is 0 Å². The van der Waals surface area contributed by atoms with Crippen molar-refractivity contribution >= 4 is 38.8 Å². The molecule has 0 aliphatic rings. The largest absolute Gasteiger partial charge is 0.397 e. The van der Waals surface area contributed by atoms with Gasteiger partial charge in [-0.05, 0) is 18.6 Å². The summed E-state index contributed by atoms with van der Waals surface area (Å²) < 4.78 is 0. The summed E-state index contributed by atoms with van der Waals surface area (Å²) in [4.78, 5) is 6.74. The summed E-state index contributed by atoms with van der Waals surface area (Å²) in [7, 11) is 0. The second-order valence-electron chi connectivity index (χ2n) is 4.35. The minimum atomic E-state index is 0.668. The lowest BCUT2D eigenvalue weighted by Crippen LogP contribution is -1.92. The number of benzene rings is 1. The zero-order chi connectivity index (χ0) is 13.4. The van der Waals surface area contributed by atoms with Gasteiger partial charge in [-0.15, -0.1) is 11.3 Å². The van der Waals surface area contributed by atoms with E-state index in [-0.39, 0.29) is 0 Å². The zero-order valence-electron chi connectivity index (χ0n) is 10.5. The van der Waals surface area contributed by atoms with Crippen LogP contribution in [0.25, 0.3) is 21.3 Å². The number of halogens is 1. The van der Waals surface area contributed by atoms with Crippen LogP contribution in [0.3, 0.4) is 0 Å². The molecular formula is C15H13ClN2S. The van der Waals surface area contributed by atoms with Crippen LogP contribution in [0.2, 0.25) is 5.02 Å². The van der Waals surface area contributed by atoms with Crippen LogP contribution < -0.4 is 5.73 Å². The van der Waals surface area contributed by atoms with E-state index in [0.29, 0.717) is 10.7 Å². The van der Waals surface area contributed by atoms with Crippen LogP contribution in [0.15, 0.2) is 36.5 Å². The highest BCUT2D eigenvalue weighted by Gasteiger charge is 2.14. The highest BCUT2D eigenvalue weighted by atomic mass is 35.5. The molecule has 0 saturated heterocycles. The molecule has 0 spiro atoms. The maximum absolute atomic E-state index is 6.30. The molecule has 2 nitrogen and oxygen atoms in total. The molecule has 0 unspecified atom stereocenters. The van der Waals surface area contributed by atoms with Gasteiger partial charge in [0.25, 0.3) is 0 Å². The Labute approximate surface area is 120 Å². The summed E-state index contributed by atoms with van der Waals surface area (Å²) in [6, 6.07) is 9.94. The van der Waals surface area contributed by atoms with Crippen molar-refractivity contribution in [2.75, 3.05) is 5.73 Å². The Balaban J connectivity index is 2.36. The maximum atomic E-state index is 6.30. The summed E-state index contributed by atoms with van der Waals surface area (Å²) in [5, 5.41) is 1.81. The fraction of sp³-hybridized carbons (Fsp3) is 0.133. The smallest absolute Gasteiger partial charge is 0.124 e. The van der Waals surface area contributed by atoms with Gasteiger partial charge in [0.1, 0.15) is 4.83 Å². The van der Waals surface area contributed by atoms with E-state index in [1.807, 2.05) is 24.3 Å². The van der Waals surface area contributed by atoms with Crippen LogP contribution >= 0.6 is 22.9 Å². The van der Waals surface area contributed by atoms with E-state index < -0.39 is 0 Å². The number of hydrogen-bond acceptors (Lipinski definition) is 3. The number of aryl methyl sites for hydroxylation is 1. The van der Waals surface area contributed by atoms with E-state index in [0.717, 1.165) is 27.8 Å². The molecule has 19 heavy (non-hydrogen) atoms. The van der Waals surface area contributed by atoms with E-state index in [4.69, 9.17) is 17.3 Å². The number of anilines is 1. The van der Waals surface area contributed by atoms with Gasteiger partial charge in [-0.25, -0.2) is 4.98 Å². The molecule has 3 aromatic rings. The van der Waals surface area contributed by atoms with Crippen LogP contribution in [0.5, 0.6) is 0 Å². The van der Waals surface area contributed by atoms with Crippen molar-refractivity contribution in [1.82, 2.24) is 4.98 Å². The van der Waals surface area contributed by atoms with Gasteiger partial charge >= 0.3 is 0 Å². The summed E-state index contributed by atoms with van der Waals surface area (Å²) >= 11 is 8.01. The number of pyridine rings is 1. The van der Waals surface area contributed by atoms with Gasteiger partial charge in [0.05, 0.1) is 11.9 Å². The predicted molar refractivity (Wildman–Crippen MR) is 83.9 cm³/mol. The van der Waals surface area contributed by atoms with E-state index in [1.165, 1.54) is 4.88 Å². The quantitative estimate of drug-likeness (QED) is 0.738. The van der Waals surface area contributed by atoms with E-state index in [2.05, 4.69) is 18.0 Å². The number of rotatable bonds is 2. The highest BCUT2D eigenvalue weighted by molar-refractivity contribution is 7.18. The second-order valence-corrected chi connectivity index (χ2v) is 5.88. The first-order valence-electron chi connectivity index (χ1n) is 6.12. The van der Waals surface area contributed by atoms with Crippen LogP contribution in [-0.4, -0.2) is 4.98 Å². The van der Waals surface area contributed by atoms with Gasteiger partial charge in [0.2, 0.25) is 0 Å². The number of thiophene rings is 1. The molecule has 0 fully saturated rings. The Hall–Kier alpha value is -1.58. The third-order valence-electron chi connectivity index (χ3n) is 3.13.